The molecule has 1 aromatic rings. The molecular weight excluding hydrogens is 278 g/mol. The first kappa shape index (κ1) is 11.0. The van der Waals surface area contributed by atoms with E-state index >= 15 is 0 Å². The molecule has 0 fully saturated rings. The quantitative estimate of drug-likeness (QED) is 0.858. The van der Waals surface area contributed by atoms with Crippen molar-refractivity contribution in [1.82, 2.24) is 0 Å². The van der Waals surface area contributed by atoms with Crippen LogP contribution < -0.4 is 5.14 Å². The van der Waals surface area contributed by atoms with E-state index in [1.807, 2.05) is 0 Å². The molecule has 0 aliphatic carbocycles. The number of sulfonamides is 1. The lowest BCUT2D eigenvalue weighted by Gasteiger charge is -2.06. The Morgan fingerprint density at radius 1 is 1.46 bits per heavy atom. The third-order valence-corrected chi connectivity index (χ3v) is 4.04. The van der Waals surface area contributed by atoms with E-state index in [0.717, 1.165) is 0 Å². The van der Waals surface area contributed by atoms with Gasteiger partial charge in [0.15, 0.2) is 0 Å². The van der Waals surface area contributed by atoms with Gasteiger partial charge in [-0.05, 0) is 34.5 Å². The van der Waals surface area contributed by atoms with E-state index in [1.54, 1.807) is 19.1 Å². The number of aryl methyl sites for hydroxylation is 1. The van der Waals surface area contributed by atoms with Crippen molar-refractivity contribution in [3.8, 4) is 0 Å². The van der Waals surface area contributed by atoms with Crippen LogP contribution in [0.1, 0.15) is 5.56 Å². The molecule has 0 radical (unpaired) electrons. The molecule has 1 aromatic carbocycles. The van der Waals surface area contributed by atoms with Crippen molar-refractivity contribution >= 4 is 37.6 Å². The fourth-order valence-electron chi connectivity index (χ4n) is 0.892. The van der Waals surface area contributed by atoms with Crippen LogP contribution >= 0.6 is 27.5 Å². The molecule has 13 heavy (non-hydrogen) atoms. The van der Waals surface area contributed by atoms with Crippen molar-refractivity contribution in [3.05, 3.63) is 27.2 Å². The predicted octanol–water partition coefficient (Wildman–Crippen LogP) is 2.06. The van der Waals surface area contributed by atoms with E-state index in [0.29, 0.717) is 10.0 Å². The van der Waals surface area contributed by atoms with Gasteiger partial charge in [-0.2, -0.15) is 0 Å². The number of nitrogens with two attached hydrogens (primary N) is 1. The van der Waals surface area contributed by atoms with Gasteiger partial charge in [0, 0.05) is 4.47 Å². The maximum atomic E-state index is 11.1. The second-order valence-corrected chi connectivity index (χ2v) is 5.28. The molecule has 1 rings (SSSR count). The van der Waals surface area contributed by atoms with Gasteiger partial charge in [-0.3, -0.25) is 0 Å². The van der Waals surface area contributed by atoms with E-state index < -0.39 is 10.0 Å². The first-order chi connectivity index (χ1) is 5.84. The molecule has 0 spiro atoms. The number of benzene rings is 1. The van der Waals surface area contributed by atoms with Crippen LogP contribution in [0.5, 0.6) is 0 Å². The summed E-state index contributed by atoms with van der Waals surface area (Å²) in [6.45, 7) is 1.71. The van der Waals surface area contributed by atoms with Crippen molar-refractivity contribution in [2.75, 3.05) is 0 Å². The Labute approximate surface area is 90.1 Å². The van der Waals surface area contributed by atoms with E-state index in [4.69, 9.17) is 16.7 Å². The van der Waals surface area contributed by atoms with Gasteiger partial charge in [-0.1, -0.05) is 17.7 Å². The van der Waals surface area contributed by atoms with Crippen LogP contribution in [0.15, 0.2) is 21.5 Å². The second kappa shape index (κ2) is 3.57. The lowest BCUT2D eigenvalue weighted by Crippen LogP contribution is -2.13. The number of hydrogen-bond donors (Lipinski definition) is 1. The second-order valence-electron chi connectivity index (χ2n) is 2.55. The number of primary sulfonamides is 1. The average Bonchev–Trinajstić information content (AvgIpc) is 1.95. The van der Waals surface area contributed by atoms with E-state index in [2.05, 4.69) is 15.9 Å². The van der Waals surface area contributed by atoms with Crippen molar-refractivity contribution in [3.63, 3.8) is 0 Å². The van der Waals surface area contributed by atoms with E-state index in [-0.39, 0.29) is 9.92 Å². The van der Waals surface area contributed by atoms with E-state index in [1.165, 1.54) is 0 Å². The zero-order chi connectivity index (χ0) is 10.2. The van der Waals surface area contributed by atoms with Crippen LogP contribution in [0.3, 0.4) is 0 Å². The molecule has 2 N–H and O–H groups in total. The van der Waals surface area contributed by atoms with Gasteiger partial charge in [0.25, 0.3) is 0 Å². The highest BCUT2D eigenvalue weighted by molar-refractivity contribution is 9.10. The van der Waals surface area contributed by atoms with E-state index in [9.17, 15) is 8.42 Å². The summed E-state index contributed by atoms with van der Waals surface area (Å²) < 4.78 is 22.6. The van der Waals surface area contributed by atoms with Crippen molar-refractivity contribution < 1.29 is 8.42 Å². The lowest BCUT2D eigenvalue weighted by atomic mass is 10.2. The molecule has 0 heterocycles. The van der Waals surface area contributed by atoms with Gasteiger partial charge in [-0.25, -0.2) is 13.6 Å². The number of rotatable bonds is 1. The predicted molar refractivity (Wildman–Crippen MR) is 55.3 cm³/mol. The third kappa shape index (κ3) is 2.22. The highest BCUT2D eigenvalue weighted by Crippen LogP contribution is 2.30. The maximum Gasteiger partial charge on any atom is 0.240 e. The molecule has 0 aliphatic rings. The molecule has 0 atom stereocenters. The Kier molecular flexibility index (Phi) is 3.01. The Hall–Kier alpha value is -0.100. The number of halogens is 2. The molecule has 0 bridgehead atoms. The summed E-state index contributed by atoms with van der Waals surface area (Å²) in [5, 5.41) is 5.15. The fourth-order valence-corrected chi connectivity index (χ4v) is 3.25. The number of hydrogen-bond acceptors (Lipinski definition) is 2. The standard InChI is InChI=1S/C7H7BrClNO2S/c1-4-2-3-5(8)7(6(4)9)13(10,11)12/h2-3H,1H3,(H2,10,11,12). The first-order valence-corrected chi connectivity index (χ1v) is 6.03. The fraction of sp³-hybridized carbons (Fsp3) is 0.143. The smallest absolute Gasteiger partial charge is 0.225 e. The molecule has 0 saturated carbocycles. The first-order valence-electron chi connectivity index (χ1n) is 3.31. The van der Waals surface area contributed by atoms with Gasteiger partial charge >= 0.3 is 0 Å². The SMILES string of the molecule is Cc1ccc(Br)c(S(N)(=O)=O)c1Cl. The van der Waals surface area contributed by atoms with Crippen LogP contribution in [-0.2, 0) is 10.0 Å². The highest BCUT2D eigenvalue weighted by Gasteiger charge is 2.18. The molecule has 0 unspecified atom stereocenters. The Morgan fingerprint density at radius 2 is 2.00 bits per heavy atom. The Bertz CT molecular complexity index is 444. The molecule has 6 heteroatoms. The largest absolute Gasteiger partial charge is 0.240 e. The topological polar surface area (TPSA) is 60.2 Å². The summed E-state index contributed by atoms with van der Waals surface area (Å²) in [5.74, 6) is 0. The molecular formula is C7H7BrClNO2S. The Balaban J connectivity index is 3.62. The molecule has 3 nitrogen and oxygen atoms in total. The molecule has 0 aromatic heterocycles. The minimum atomic E-state index is -3.77. The van der Waals surface area contributed by atoms with Gasteiger partial charge < -0.3 is 0 Å². The summed E-state index contributed by atoms with van der Waals surface area (Å²) >= 11 is 8.87. The third-order valence-electron chi connectivity index (χ3n) is 1.53. The van der Waals surface area contributed by atoms with Gasteiger partial charge in [0.2, 0.25) is 10.0 Å². The minimum Gasteiger partial charge on any atom is -0.225 e. The van der Waals surface area contributed by atoms with Crippen LogP contribution in [0.25, 0.3) is 0 Å². The lowest BCUT2D eigenvalue weighted by molar-refractivity contribution is 0.597. The molecule has 0 saturated heterocycles. The summed E-state index contributed by atoms with van der Waals surface area (Å²) in [6, 6.07) is 3.31. The van der Waals surface area contributed by atoms with Gasteiger partial charge in [0.1, 0.15) is 4.90 Å². The highest BCUT2D eigenvalue weighted by atomic mass is 79.9. The van der Waals surface area contributed by atoms with Crippen LogP contribution in [0.2, 0.25) is 5.02 Å². The zero-order valence-corrected chi connectivity index (χ0v) is 9.87. The summed E-state index contributed by atoms with van der Waals surface area (Å²) in [5.41, 5.74) is 0.675. The molecule has 72 valence electrons. The van der Waals surface area contributed by atoms with Crippen molar-refractivity contribution in [2.24, 2.45) is 5.14 Å². The monoisotopic (exact) mass is 283 g/mol. The van der Waals surface area contributed by atoms with Crippen LogP contribution in [0.4, 0.5) is 0 Å². The minimum absolute atomic E-state index is 0.0610. The van der Waals surface area contributed by atoms with Crippen molar-refractivity contribution in [1.29, 1.82) is 0 Å². The maximum absolute atomic E-state index is 11.1. The van der Waals surface area contributed by atoms with Crippen LogP contribution in [-0.4, -0.2) is 8.42 Å². The normalized spacial score (nSPS) is 11.7. The van der Waals surface area contributed by atoms with Gasteiger partial charge in [0.05, 0.1) is 5.02 Å². The van der Waals surface area contributed by atoms with Gasteiger partial charge in [-0.15, -0.1) is 0 Å². The molecule has 0 aliphatic heterocycles. The zero-order valence-electron chi connectivity index (χ0n) is 6.71. The molecule has 0 amide bonds. The summed E-state index contributed by atoms with van der Waals surface area (Å²) in [7, 11) is -3.77. The summed E-state index contributed by atoms with van der Waals surface area (Å²) in [4.78, 5) is -0.0610. The summed E-state index contributed by atoms with van der Waals surface area (Å²) in [6.07, 6.45) is 0. The van der Waals surface area contributed by atoms with Crippen LogP contribution in [0, 0.1) is 6.92 Å². The van der Waals surface area contributed by atoms with Crippen molar-refractivity contribution in [2.45, 2.75) is 11.8 Å². The average molecular weight is 285 g/mol. The Morgan fingerprint density at radius 3 is 2.38 bits per heavy atom.